The zero-order valence-corrected chi connectivity index (χ0v) is 14.6. The lowest BCUT2D eigenvalue weighted by Gasteiger charge is -2.28. The lowest BCUT2D eigenvalue weighted by atomic mass is 9.95. The number of ether oxygens (including phenoxy) is 2. The molecular formula is C15H20F6O6. The first-order valence-electron chi connectivity index (χ1n) is 7.45. The van der Waals surface area contributed by atoms with Crippen LogP contribution in [-0.4, -0.2) is 54.0 Å². The number of hydrogen-bond acceptors (Lipinski definition) is 6. The van der Waals surface area contributed by atoms with Crippen molar-refractivity contribution < 1.29 is 55.3 Å². The molecule has 0 saturated heterocycles. The summed E-state index contributed by atoms with van der Waals surface area (Å²) in [7, 11) is 0. The van der Waals surface area contributed by atoms with Crippen molar-refractivity contribution in [2.75, 3.05) is 13.2 Å². The molecule has 0 rings (SSSR count). The Morgan fingerprint density at radius 3 is 1.74 bits per heavy atom. The van der Waals surface area contributed by atoms with Crippen LogP contribution >= 0.6 is 0 Å². The first kappa shape index (κ1) is 27.1. The van der Waals surface area contributed by atoms with Crippen LogP contribution < -0.4 is 0 Å². The maximum atomic E-state index is 12.4. The van der Waals surface area contributed by atoms with Crippen LogP contribution in [0.25, 0.3) is 0 Å². The van der Waals surface area contributed by atoms with E-state index in [2.05, 4.69) is 16.1 Å². The minimum absolute atomic E-state index is 0.0269. The molecule has 0 aromatic heterocycles. The standard InChI is InChI=1S/C9H13F3O3.C6H7F3O3/c1-3-5-8(14,9(10,11)12)6-7(13)15-4-2;1-2-12-5(11)3-4(10)6(7,8)9/h3,14H,1,4-6H2,2H3;2-3H2,1H3. The summed E-state index contributed by atoms with van der Waals surface area (Å²) in [5, 5.41) is 9.25. The molecule has 0 aromatic carbocycles. The largest absolute Gasteiger partial charge is 0.466 e. The van der Waals surface area contributed by atoms with Crippen molar-refractivity contribution in [2.24, 2.45) is 0 Å². The lowest BCUT2D eigenvalue weighted by Crippen LogP contribution is -2.46. The van der Waals surface area contributed by atoms with Crippen LogP contribution in [0.2, 0.25) is 0 Å². The summed E-state index contributed by atoms with van der Waals surface area (Å²) in [4.78, 5) is 31.3. The second-order valence-electron chi connectivity index (χ2n) is 4.91. The Kier molecular flexibility index (Phi) is 11.6. The number of esters is 2. The van der Waals surface area contributed by atoms with Gasteiger partial charge in [-0.05, 0) is 13.8 Å². The third kappa shape index (κ3) is 11.3. The van der Waals surface area contributed by atoms with Gasteiger partial charge in [-0.1, -0.05) is 6.08 Å². The quantitative estimate of drug-likeness (QED) is 0.287. The third-order valence-corrected chi connectivity index (χ3v) is 2.68. The number of rotatable bonds is 8. The Hall–Kier alpha value is -2.11. The average Bonchev–Trinajstić information content (AvgIpc) is 2.46. The molecule has 0 spiro atoms. The van der Waals surface area contributed by atoms with Gasteiger partial charge in [0, 0.05) is 6.42 Å². The van der Waals surface area contributed by atoms with Crippen LogP contribution in [0.5, 0.6) is 0 Å². The van der Waals surface area contributed by atoms with Gasteiger partial charge in [-0.3, -0.25) is 14.4 Å². The molecule has 0 aromatic rings. The van der Waals surface area contributed by atoms with Crippen molar-refractivity contribution in [1.82, 2.24) is 0 Å². The highest BCUT2D eigenvalue weighted by atomic mass is 19.4. The zero-order valence-electron chi connectivity index (χ0n) is 14.6. The van der Waals surface area contributed by atoms with Crippen molar-refractivity contribution in [1.29, 1.82) is 0 Å². The van der Waals surface area contributed by atoms with Crippen molar-refractivity contribution in [2.45, 2.75) is 51.1 Å². The second kappa shape index (κ2) is 11.6. The van der Waals surface area contributed by atoms with E-state index >= 15 is 0 Å². The molecule has 0 fully saturated rings. The highest BCUT2D eigenvalue weighted by Crippen LogP contribution is 2.36. The van der Waals surface area contributed by atoms with Gasteiger partial charge >= 0.3 is 24.3 Å². The summed E-state index contributed by atoms with van der Waals surface area (Å²) in [6.07, 6.45) is -12.0. The van der Waals surface area contributed by atoms with Crippen molar-refractivity contribution >= 4 is 17.7 Å². The van der Waals surface area contributed by atoms with Crippen LogP contribution in [0, 0.1) is 0 Å². The Bertz CT molecular complexity index is 514. The lowest BCUT2D eigenvalue weighted by molar-refractivity contribution is -0.261. The van der Waals surface area contributed by atoms with Gasteiger partial charge in [-0.15, -0.1) is 6.58 Å². The molecule has 0 heterocycles. The van der Waals surface area contributed by atoms with E-state index in [1.807, 2.05) is 0 Å². The molecule has 0 bridgehead atoms. The van der Waals surface area contributed by atoms with Crippen LogP contribution in [0.3, 0.4) is 0 Å². The molecule has 0 aliphatic rings. The van der Waals surface area contributed by atoms with Gasteiger partial charge in [-0.2, -0.15) is 26.3 Å². The number of carbonyl (C=O) groups is 3. The van der Waals surface area contributed by atoms with Gasteiger partial charge in [0.1, 0.15) is 6.42 Å². The van der Waals surface area contributed by atoms with E-state index in [0.717, 1.165) is 6.08 Å². The molecule has 6 nitrogen and oxygen atoms in total. The van der Waals surface area contributed by atoms with Crippen molar-refractivity contribution in [3.8, 4) is 0 Å². The van der Waals surface area contributed by atoms with Gasteiger partial charge in [0.05, 0.1) is 19.6 Å². The average molecular weight is 410 g/mol. The Labute approximate surface area is 151 Å². The summed E-state index contributed by atoms with van der Waals surface area (Å²) < 4.78 is 80.1. The fraction of sp³-hybridized carbons (Fsp3) is 0.667. The number of Topliss-reactive ketones (excluding diaryl/α,β-unsaturated/α-hetero) is 1. The maximum absolute atomic E-state index is 12.4. The summed E-state index contributed by atoms with van der Waals surface area (Å²) >= 11 is 0. The van der Waals surface area contributed by atoms with Gasteiger partial charge in [0.2, 0.25) is 5.78 Å². The third-order valence-electron chi connectivity index (χ3n) is 2.68. The number of carbonyl (C=O) groups excluding carboxylic acids is 3. The number of alkyl halides is 6. The summed E-state index contributed by atoms with van der Waals surface area (Å²) in [6.45, 7) is 5.95. The van der Waals surface area contributed by atoms with Crippen molar-refractivity contribution in [3.05, 3.63) is 12.7 Å². The number of aliphatic hydroxyl groups is 1. The van der Waals surface area contributed by atoms with Gasteiger partial charge in [0.25, 0.3) is 0 Å². The maximum Gasteiger partial charge on any atom is 0.450 e. The molecule has 0 aliphatic carbocycles. The number of halogens is 6. The highest BCUT2D eigenvalue weighted by Gasteiger charge is 2.54. The van der Waals surface area contributed by atoms with E-state index in [1.165, 1.54) is 13.8 Å². The van der Waals surface area contributed by atoms with Crippen LogP contribution in [-0.2, 0) is 23.9 Å². The molecule has 1 atom stereocenters. The van der Waals surface area contributed by atoms with Crippen LogP contribution in [0.1, 0.15) is 33.1 Å². The Balaban J connectivity index is 0. The van der Waals surface area contributed by atoms with Gasteiger partial charge in [0.15, 0.2) is 5.60 Å². The first-order chi connectivity index (χ1) is 12.1. The predicted octanol–water partition coefficient (Wildman–Crippen LogP) is 2.88. The zero-order chi connectivity index (χ0) is 21.9. The minimum atomic E-state index is -4.95. The van der Waals surface area contributed by atoms with E-state index < -0.39 is 54.9 Å². The fourth-order valence-corrected chi connectivity index (χ4v) is 1.42. The molecule has 0 aliphatic heterocycles. The smallest absolute Gasteiger partial charge is 0.450 e. The molecule has 1 unspecified atom stereocenters. The normalized spacial score (nSPS) is 13.5. The molecule has 27 heavy (non-hydrogen) atoms. The van der Waals surface area contributed by atoms with E-state index in [4.69, 9.17) is 0 Å². The molecule has 12 heteroatoms. The van der Waals surface area contributed by atoms with Crippen LogP contribution in [0.15, 0.2) is 12.7 Å². The van der Waals surface area contributed by atoms with E-state index in [1.54, 1.807) is 0 Å². The van der Waals surface area contributed by atoms with Gasteiger partial charge < -0.3 is 14.6 Å². The van der Waals surface area contributed by atoms with E-state index in [0.29, 0.717) is 0 Å². The number of ketones is 1. The summed E-state index contributed by atoms with van der Waals surface area (Å²) in [5.41, 5.74) is -3.08. The summed E-state index contributed by atoms with van der Waals surface area (Å²) in [6, 6.07) is 0. The van der Waals surface area contributed by atoms with Crippen molar-refractivity contribution in [3.63, 3.8) is 0 Å². The molecule has 0 amide bonds. The SMILES string of the molecule is C=CCC(O)(CC(=O)OCC)C(F)(F)F.CCOC(=O)CC(=O)C(F)(F)F. The topological polar surface area (TPSA) is 89.9 Å². The Morgan fingerprint density at radius 1 is 0.963 bits per heavy atom. The fourth-order valence-electron chi connectivity index (χ4n) is 1.42. The minimum Gasteiger partial charge on any atom is -0.466 e. The van der Waals surface area contributed by atoms with E-state index in [9.17, 15) is 45.8 Å². The first-order valence-corrected chi connectivity index (χ1v) is 7.45. The number of hydrogen-bond donors (Lipinski definition) is 1. The van der Waals surface area contributed by atoms with E-state index in [-0.39, 0.29) is 13.2 Å². The second-order valence-corrected chi connectivity index (χ2v) is 4.91. The Morgan fingerprint density at radius 2 is 1.41 bits per heavy atom. The monoisotopic (exact) mass is 410 g/mol. The van der Waals surface area contributed by atoms with Gasteiger partial charge in [-0.25, -0.2) is 0 Å². The highest BCUT2D eigenvalue weighted by molar-refractivity contribution is 5.98. The van der Waals surface area contributed by atoms with Crippen LogP contribution in [0.4, 0.5) is 26.3 Å². The summed E-state index contributed by atoms with van der Waals surface area (Å²) in [5.74, 6) is -4.32. The molecular weight excluding hydrogens is 390 g/mol. The molecule has 0 radical (unpaired) electrons. The predicted molar refractivity (Wildman–Crippen MR) is 79.4 cm³/mol. The molecule has 0 saturated carbocycles. The molecule has 158 valence electrons. The molecule has 1 N–H and O–H groups in total.